The van der Waals surface area contributed by atoms with E-state index >= 15 is 0 Å². The van der Waals surface area contributed by atoms with Gasteiger partial charge in [0.2, 0.25) is 0 Å². The van der Waals surface area contributed by atoms with E-state index in [-0.39, 0.29) is 12.1 Å². The summed E-state index contributed by atoms with van der Waals surface area (Å²) in [5.41, 5.74) is 0.268. The number of rotatable bonds is 8. The Balaban J connectivity index is 2.59. The van der Waals surface area contributed by atoms with Gasteiger partial charge in [0.1, 0.15) is 11.0 Å². The fraction of sp³-hybridized carbons (Fsp3) is 0.615. The number of halogens is 1. The number of esters is 1. The van der Waals surface area contributed by atoms with Crippen LogP contribution in [0.3, 0.4) is 0 Å². The third kappa shape index (κ3) is 5.84. The Labute approximate surface area is 132 Å². The van der Waals surface area contributed by atoms with Gasteiger partial charge in [0.05, 0.1) is 19.0 Å². The van der Waals surface area contributed by atoms with Crippen LogP contribution in [-0.4, -0.2) is 54.9 Å². The molecule has 0 saturated heterocycles. The minimum Gasteiger partial charge on any atom is -0.468 e. The molecule has 0 aromatic carbocycles. The molecule has 1 aromatic heterocycles. The highest BCUT2D eigenvalue weighted by molar-refractivity contribution is 9.10. The van der Waals surface area contributed by atoms with Crippen molar-refractivity contribution < 1.29 is 9.53 Å². The molecule has 0 bridgehead atoms. The van der Waals surface area contributed by atoms with E-state index in [1.54, 1.807) is 0 Å². The summed E-state index contributed by atoms with van der Waals surface area (Å²) in [6.45, 7) is 1.59. The van der Waals surface area contributed by atoms with Gasteiger partial charge in [-0.15, -0.1) is 0 Å². The van der Waals surface area contributed by atoms with Crippen LogP contribution in [0.25, 0.3) is 0 Å². The summed E-state index contributed by atoms with van der Waals surface area (Å²) in [6, 6.07) is 0. The van der Waals surface area contributed by atoms with Crippen LogP contribution in [0.4, 0.5) is 5.69 Å². The molecule has 118 valence electrons. The lowest BCUT2D eigenvalue weighted by atomic mass is 10.3. The molecule has 0 aliphatic heterocycles. The molecule has 21 heavy (non-hydrogen) atoms. The Kier molecular flexibility index (Phi) is 7.38. The molecule has 1 heterocycles. The van der Waals surface area contributed by atoms with Crippen molar-refractivity contribution in [3.05, 3.63) is 21.0 Å². The van der Waals surface area contributed by atoms with E-state index in [2.05, 4.69) is 36.0 Å². The second-order valence-corrected chi connectivity index (χ2v) is 5.64. The summed E-state index contributed by atoms with van der Waals surface area (Å²) in [4.78, 5) is 25.3. The van der Waals surface area contributed by atoms with Crippen LogP contribution in [0.2, 0.25) is 0 Å². The van der Waals surface area contributed by atoms with Gasteiger partial charge < -0.3 is 15.0 Å². The highest BCUT2D eigenvalue weighted by Gasteiger charge is 2.11. The summed E-state index contributed by atoms with van der Waals surface area (Å²) in [6.07, 6.45) is 3.60. The van der Waals surface area contributed by atoms with Crippen LogP contribution in [0.1, 0.15) is 12.8 Å². The predicted molar refractivity (Wildman–Crippen MR) is 84.5 cm³/mol. The molecule has 0 aliphatic rings. The minimum absolute atomic E-state index is 0.197. The number of nitrogens with zero attached hydrogens (tertiary/aromatic N) is 3. The highest BCUT2D eigenvalue weighted by Crippen LogP contribution is 2.16. The van der Waals surface area contributed by atoms with Gasteiger partial charge in [-0.25, -0.2) is 4.68 Å². The number of nitrogens with one attached hydrogen (secondary N) is 1. The SMILES string of the molecule is COC(=O)Cn1ncc(NCCCCN(C)C)c(Br)c1=O. The van der Waals surface area contributed by atoms with Gasteiger partial charge in [-0.1, -0.05) is 0 Å². The quantitative estimate of drug-likeness (QED) is 0.549. The maximum absolute atomic E-state index is 12.0. The standard InChI is InChI=1S/C13H21BrN4O3/c1-17(2)7-5-4-6-15-10-8-16-18(9-11(19)21-3)13(20)12(10)14/h8,15H,4-7,9H2,1-3H3. The first kappa shape index (κ1) is 17.6. The van der Waals surface area contributed by atoms with E-state index < -0.39 is 5.97 Å². The van der Waals surface area contributed by atoms with Gasteiger partial charge in [-0.2, -0.15) is 5.10 Å². The zero-order valence-corrected chi connectivity index (χ0v) is 14.1. The van der Waals surface area contributed by atoms with E-state index in [4.69, 9.17) is 0 Å². The minimum atomic E-state index is -0.513. The molecule has 0 atom stereocenters. The van der Waals surface area contributed by atoms with Crippen molar-refractivity contribution in [1.82, 2.24) is 14.7 Å². The first-order valence-electron chi connectivity index (χ1n) is 6.66. The summed E-state index contributed by atoms with van der Waals surface area (Å²) in [5, 5.41) is 7.12. The molecule has 7 nitrogen and oxygen atoms in total. The van der Waals surface area contributed by atoms with E-state index in [9.17, 15) is 9.59 Å². The van der Waals surface area contributed by atoms with E-state index in [1.165, 1.54) is 13.3 Å². The van der Waals surface area contributed by atoms with Gasteiger partial charge in [0.15, 0.2) is 0 Å². The second-order valence-electron chi connectivity index (χ2n) is 4.85. The first-order chi connectivity index (χ1) is 9.95. The Morgan fingerprint density at radius 1 is 1.48 bits per heavy atom. The molecule has 0 spiro atoms. The number of unbranched alkanes of at least 4 members (excludes halogenated alkanes) is 1. The lowest BCUT2D eigenvalue weighted by Gasteiger charge is -2.11. The summed E-state index contributed by atoms with van der Waals surface area (Å²) in [7, 11) is 5.34. The topological polar surface area (TPSA) is 76.5 Å². The van der Waals surface area contributed by atoms with Gasteiger partial charge in [-0.05, 0) is 49.4 Å². The monoisotopic (exact) mass is 360 g/mol. The lowest BCUT2D eigenvalue weighted by Crippen LogP contribution is -2.28. The summed E-state index contributed by atoms with van der Waals surface area (Å²) < 4.78 is 5.95. The van der Waals surface area contributed by atoms with Crippen LogP contribution in [0.15, 0.2) is 15.5 Å². The second kappa shape index (κ2) is 8.78. The number of hydrogen-bond donors (Lipinski definition) is 1. The Morgan fingerprint density at radius 2 is 2.19 bits per heavy atom. The number of methoxy groups -OCH3 is 1. The molecule has 0 aliphatic carbocycles. The van der Waals surface area contributed by atoms with Gasteiger partial charge in [0.25, 0.3) is 5.56 Å². The van der Waals surface area contributed by atoms with Crippen LogP contribution in [0, 0.1) is 0 Å². The normalized spacial score (nSPS) is 10.7. The van der Waals surface area contributed by atoms with Crippen LogP contribution < -0.4 is 10.9 Å². The Morgan fingerprint density at radius 3 is 2.81 bits per heavy atom. The van der Waals surface area contributed by atoms with Crippen molar-refractivity contribution in [3.8, 4) is 0 Å². The van der Waals surface area contributed by atoms with Crippen LogP contribution in [0.5, 0.6) is 0 Å². The van der Waals surface area contributed by atoms with Crippen molar-refractivity contribution in [1.29, 1.82) is 0 Å². The van der Waals surface area contributed by atoms with Crippen molar-refractivity contribution in [2.45, 2.75) is 19.4 Å². The van der Waals surface area contributed by atoms with Crippen molar-refractivity contribution in [2.75, 3.05) is 39.6 Å². The average molecular weight is 361 g/mol. The first-order valence-corrected chi connectivity index (χ1v) is 7.46. The van der Waals surface area contributed by atoms with Gasteiger partial charge in [0, 0.05) is 6.54 Å². The third-order valence-corrected chi connectivity index (χ3v) is 3.61. The zero-order valence-electron chi connectivity index (χ0n) is 12.6. The van der Waals surface area contributed by atoms with Crippen molar-refractivity contribution in [2.24, 2.45) is 0 Å². The molecule has 0 radical (unpaired) electrons. The largest absolute Gasteiger partial charge is 0.468 e. The van der Waals surface area contributed by atoms with E-state index in [0.717, 1.165) is 30.6 Å². The molecule has 0 saturated carbocycles. The smallest absolute Gasteiger partial charge is 0.327 e. The number of carbonyl (C=O) groups is 1. The lowest BCUT2D eigenvalue weighted by molar-refractivity contribution is -0.141. The van der Waals surface area contributed by atoms with Crippen molar-refractivity contribution in [3.63, 3.8) is 0 Å². The van der Waals surface area contributed by atoms with Crippen molar-refractivity contribution >= 4 is 27.6 Å². The highest BCUT2D eigenvalue weighted by atomic mass is 79.9. The van der Waals surface area contributed by atoms with E-state index in [1.807, 2.05) is 14.1 Å². The number of carbonyl (C=O) groups excluding carboxylic acids is 1. The fourth-order valence-electron chi connectivity index (χ4n) is 1.66. The maximum atomic E-state index is 12.0. The molecule has 1 aromatic rings. The molecule has 0 fully saturated rings. The fourth-order valence-corrected chi connectivity index (χ4v) is 2.11. The molecular weight excluding hydrogens is 340 g/mol. The van der Waals surface area contributed by atoms with E-state index in [0.29, 0.717) is 10.2 Å². The molecule has 0 unspecified atom stereocenters. The number of anilines is 1. The Hall–Kier alpha value is -1.41. The molecular formula is C13H21BrN4O3. The predicted octanol–water partition coefficient (Wildman–Crippen LogP) is 0.932. The zero-order chi connectivity index (χ0) is 15.8. The number of aromatic nitrogens is 2. The van der Waals surface area contributed by atoms with Crippen LogP contribution >= 0.6 is 15.9 Å². The summed E-state index contributed by atoms with van der Waals surface area (Å²) >= 11 is 3.24. The molecule has 1 rings (SSSR count). The van der Waals surface area contributed by atoms with Gasteiger partial charge in [-0.3, -0.25) is 9.59 Å². The van der Waals surface area contributed by atoms with Gasteiger partial charge >= 0.3 is 5.97 Å². The molecule has 1 N–H and O–H groups in total. The average Bonchev–Trinajstić information content (AvgIpc) is 2.45. The van der Waals surface area contributed by atoms with Crippen LogP contribution in [-0.2, 0) is 16.1 Å². The number of ether oxygens (including phenoxy) is 1. The summed E-state index contributed by atoms with van der Waals surface area (Å²) in [5.74, 6) is -0.513. The Bertz CT molecular complexity index is 531. The molecule has 8 heteroatoms. The number of hydrogen-bond acceptors (Lipinski definition) is 6. The molecule has 0 amide bonds. The maximum Gasteiger partial charge on any atom is 0.327 e. The third-order valence-electron chi connectivity index (χ3n) is 2.84.